The number of benzene rings is 2. The minimum absolute atomic E-state index is 0.116. The van der Waals surface area contributed by atoms with Gasteiger partial charge in [-0.15, -0.1) is 0 Å². The molecule has 0 fully saturated rings. The molecule has 0 saturated heterocycles. The van der Waals surface area contributed by atoms with Crippen LogP contribution in [0.2, 0.25) is 10.0 Å². The van der Waals surface area contributed by atoms with Crippen LogP contribution < -0.4 is 4.74 Å². The van der Waals surface area contributed by atoms with Crippen molar-refractivity contribution in [2.45, 2.75) is 13.0 Å². The minimum atomic E-state index is -0.415. The number of aromatic nitrogens is 2. The lowest BCUT2D eigenvalue weighted by atomic mass is 9.97. The highest BCUT2D eigenvalue weighted by Crippen LogP contribution is 2.30. The van der Waals surface area contributed by atoms with Crippen LogP contribution in [0.15, 0.2) is 47.0 Å². The van der Waals surface area contributed by atoms with E-state index in [1.165, 1.54) is 0 Å². The third kappa shape index (κ3) is 3.91. The summed E-state index contributed by atoms with van der Waals surface area (Å²) >= 11 is 12.1. The number of carbonyl (C=O) groups excluding carboxylic acids is 1. The molecular weight excluding hydrogens is 391 g/mol. The Morgan fingerprint density at radius 3 is 2.93 bits per heavy atom. The van der Waals surface area contributed by atoms with Crippen LogP contribution in [0.1, 0.15) is 11.5 Å². The molecule has 0 saturated carbocycles. The quantitative estimate of drug-likeness (QED) is 0.602. The van der Waals surface area contributed by atoms with E-state index in [0.29, 0.717) is 27.9 Å². The van der Waals surface area contributed by atoms with Gasteiger partial charge >= 0.3 is 5.97 Å². The molecular formula is C19H14Cl2N2O4. The zero-order chi connectivity index (χ0) is 18.8. The van der Waals surface area contributed by atoms with Gasteiger partial charge in [-0.05, 0) is 42.3 Å². The first-order chi connectivity index (χ1) is 13.1. The predicted octanol–water partition coefficient (Wildman–Crippen LogP) is 4.34. The van der Waals surface area contributed by atoms with Crippen LogP contribution >= 0.6 is 23.2 Å². The van der Waals surface area contributed by atoms with Crippen molar-refractivity contribution in [3.63, 3.8) is 0 Å². The van der Waals surface area contributed by atoms with Crippen molar-refractivity contribution >= 4 is 29.2 Å². The van der Waals surface area contributed by atoms with Crippen LogP contribution in [0.5, 0.6) is 5.75 Å². The molecule has 1 aromatic heterocycles. The molecule has 2 heterocycles. The van der Waals surface area contributed by atoms with Crippen molar-refractivity contribution in [1.29, 1.82) is 0 Å². The molecule has 0 radical (unpaired) electrons. The lowest BCUT2D eigenvalue weighted by Crippen LogP contribution is -2.29. The topological polar surface area (TPSA) is 74.5 Å². The monoisotopic (exact) mass is 404 g/mol. The number of ether oxygens (including phenoxy) is 2. The van der Waals surface area contributed by atoms with Gasteiger partial charge in [0.1, 0.15) is 12.4 Å². The third-order valence-electron chi connectivity index (χ3n) is 4.18. The highest BCUT2D eigenvalue weighted by Gasteiger charge is 2.28. The summed E-state index contributed by atoms with van der Waals surface area (Å²) in [7, 11) is 0. The van der Waals surface area contributed by atoms with Crippen LogP contribution in [0.4, 0.5) is 0 Å². The summed E-state index contributed by atoms with van der Waals surface area (Å²) in [6.45, 7) is 0.136. The number of carbonyl (C=O) groups is 1. The van der Waals surface area contributed by atoms with Crippen LogP contribution in [0.25, 0.3) is 11.4 Å². The Labute approximate surface area is 165 Å². The van der Waals surface area contributed by atoms with Gasteiger partial charge in [0.2, 0.25) is 5.82 Å². The number of rotatable bonds is 4. The van der Waals surface area contributed by atoms with Gasteiger partial charge in [0, 0.05) is 10.6 Å². The van der Waals surface area contributed by atoms with E-state index in [4.69, 9.17) is 37.2 Å². The molecule has 8 heteroatoms. The van der Waals surface area contributed by atoms with E-state index in [9.17, 15) is 4.79 Å². The Kier molecular flexibility index (Phi) is 5.01. The van der Waals surface area contributed by atoms with Crippen LogP contribution in [0.3, 0.4) is 0 Å². The first kappa shape index (κ1) is 17.8. The standard InChI is InChI=1S/C19H14Cl2N2O4/c20-13-5-6-16-11(8-13)7-12(9-25-16)19(24)26-10-17-22-18(23-27-17)14-3-1-2-4-15(14)21/h1-6,8,12H,7,9-10H2/t12-/m0/s1. The van der Waals surface area contributed by atoms with E-state index in [1.54, 1.807) is 30.3 Å². The molecule has 1 aliphatic heterocycles. The average molecular weight is 405 g/mol. The summed E-state index contributed by atoms with van der Waals surface area (Å²) in [5, 5.41) is 4.99. The molecule has 0 amide bonds. The second-order valence-electron chi connectivity index (χ2n) is 6.06. The molecule has 4 rings (SSSR count). The minimum Gasteiger partial charge on any atom is -0.492 e. The molecule has 1 aliphatic rings. The zero-order valence-corrected chi connectivity index (χ0v) is 15.5. The maximum Gasteiger partial charge on any atom is 0.313 e. The highest BCUT2D eigenvalue weighted by atomic mass is 35.5. The summed E-state index contributed by atoms with van der Waals surface area (Å²) in [6, 6.07) is 12.5. The molecule has 3 aromatic rings. The van der Waals surface area contributed by atoms with Crippen molar-refractivity contribution in [2.75, 3.05) is 6.61 Å². The molecule has 27 heavy (non-hydrogen) atoms. The van der Waals surface area contributed by atoms with Crippen LogP contribution in [0, 0.1) is 5.92 Å². The Morgan fingerprint density at radius 1 is 1.22 bits per heavy atom. The maximum absolute atomic E-state index is 12.4. The Morgan fingerprint density at radius 2 is 2.07 bits per heavy atom. The molecule has 0 aliphatic carbocycles. The largest absolute Gasteiger partial charge is 0.492 e. The van der Waals surface area contributed by atoms with E-state index < -0.39 is 11.9 Å². The molecule has 0 spiro atoms. The summed E-state index contributed by atoms with van der Waals surface area (Å²) in [6.07, 6.45) is 0.503. The van der Waals surface area contributed by atoms with Crippen LogP contribution in [-0.4, -0.2) is 22.7 Å². The molecule has 2 aromatic carbocycles. The fourth-order valence-electron chi connectivity index (χ4n) is 2.83. The lowest BCUT2D eigenvalue weighted by molar-refractivity contribution is -0.152. The Bertz CT molecular complexity index is 989. The van der Waals surface area contributed by atoms with Crippen molar-refractivity contribution in [2.24, 2.45) is 5.92 Å². The van der Waals surface area contributed by atoms with E-state index in [2.05, 4.69) is 10.1 Å². The van der Waals surface area contributed by atoms with Crippen molar-refractivity contribution in [3.05, 3.63) is 64.0 Å². The van der Waals surface area contributed by atoms with Gasteiger partial charge in [-0.2, -0.15) is 4.98 Å². The number of fused-ring (bicyclic) bond motifs is 1. The maximum atomic E-state index is 12.4. The van der Waals surface area contributed by atoms with Gasteiger partial charge in [-0.25, -0.2) is 0 Å². The van der Waals surface area contributed by atoms with Gasteiger partial charge in [0.15, 0.2) is 6.61 Å². The van der Waals surface area contributed by atoms with Crippen molar-refractivity contribution < 1.29 is 18.8 Å². The van der Waals surface area contributed by atoms with E-state index in [0.717, 1.165) is 11.3 Å². The SMILES string of the molecule is O=C(OCc1nc(-c2ccccc2Cl)no1)[C@@H]1COc2ccc(Cl)cc2C1. The van der Waals surface area contributed by atoms with E-state index >= 15 is 0 Å². The number of esters is 1. The van der Waals surface area contributed by atoms with Gasteiger partial charge in [0.25, 0.3) is 5.89 Å². The predicted molar refractivity (Wildman–Crippen MR) is 98.7 cm³/mol. The summed E-state index contributed by atoms with van der Waals surface area (Å²) < 4.78 is 16.1. The number of halogens is 2. The number of hydrogen-bond acceptors (Lipinski definition) is 6. The molecule has 1 atom stereocenters. The van der Waals surface area contributed by atoms with E-state index in [-0.39, 0.29) is 19.1 Å². The van der Waals surface area contributed by atoms with Gasteiger partial charge < -0.3 is 14.0 Å². The summed E-state index contributed by atoms with van der Waals surface area (Å²) in [5.74, 6) is 0.472. The van der Waals surface area contributed by atoms with Crippen LogP contribution in [-0.2, 0) is 22.6 Å². The normalized spacial score (nSPS) is 15.7. The smallest absolute Gasteiger partial charge is 0.313 e. The molecule has 6 nitrogen and oxygen atoms in total. The van der Waals surface area contributed by atoms with Gasteiger partial charge in [-0.3, -0.25) is 4.79 Å². The zero-order valence-electron chi connectivity index (χ0n) is 14.0. The number of nitrogens with zero attached hydrogens (tertiary/aromatic N) is 2. The number of hydrogen-bond donors (Lipinski definition) is 0. The lowest BCUT2D eigenvalue weighted by Gasteiger charge is -2.23. The summed E-state index contributed by atoms with van der Waals surface area (Å²) in [4.78, 5) is 16.6. The Hall–Kier alpha value is -2.57. The summed E-state index contributed by atoms with van der Waals surface area (Å²) in [5.41, 5.74) is 1.53. The fourth-order valence-corrected chi connectivity index (χ4v) is 3.25. The van der Waals surface area contributed by atoms with E-state index in [1.807, 2.05) is 12.1 Å². The van der Waals surface area contributed by atoms with Crippen molar-refractivity contribution in [1.82, 2.24) is 10.1 Å². The first-order valence-corrected chi connectivity index (χ1v) is 9.01. The third-order valence-corrected chi connectivity index (χ3v) is 4.75. The first-order valence-electron chi connectivity index (χ1n) is 8.25. The fraction of sp³-hybridized carbons (Fsp3) is 0.211. The second-order valence-corrected chi connectivity index (χ2v) is 6.91. The molecule has 0 N–H and O–H groups in total. The average Bonchev–Trinajstić information content (AvgIpc) is 3.14. The van der Waals surface area contributed by atoms with Crippen molar-refractivity contribution in [3.8, 4) is 17.1 Å². The molecule has 138 valence electrons. The highest BCUT2D eigenvalue weighted by molar-refractivity contribution is 6.33. The van der Waals surface area contributed by atoms with Gasteiger partial charge in [0.05, 0.1) is 10.9 Å². The molecule has 0 unspecified atom stereocenters. The molecule has 0 bridgehead atoms. The second kappa shape index (κ2) is 7.58. The Balaban J connectivity index is 1.38. The van der Waals surface area contributed by atoms with Gasteiger partial charge in [-0.1, -0.05) is 40.5 Å².